The molecule has 0 saturated heterocycles. The fourth-order valence-electron chi connectivity index (χ4n) is 1.96. The molecule has 17 heavy (non-hydrogen) atoms. The molecule has 2 rings (SSSR count). The predicted molar refractivity (Wildman–Crippen MR) is 69.3 cm³/mol. The van der Waals surface area contributed by atoms with Crippen LogP contribution in [0.5, 0.6) is 0 Å². The van der Waals surface area contributed by atoms with Crippen LogP contribution in [0.1, 0.15) is 11.1 Å². The van der Waals surface area contributed by atoms with Crippen molar-refractivity contribution in [2.45, 2.75) is 13.3 Å². The molecule has 88 valence electrons. The van der Waals surface area contributed by atoms with Crippen LogP contribution in [0.25, 0.3) is 11.1 Å². The van der Waals surface area contributed by atoms with Gasteiger partial charge in [0.05, 0.1) is 0 Å². The summed E-state index contributed by atoms with van der Waals surface area (Å²) in [5.74, 6) is -0.203. The summed E-state index contributed by atoms with van der Waals surface area (Å²) < 4.78 is 13.2. The quantitative estimate of drug-likeness (QED) is 0.858. The van der Waals surface area contributed by atoms with Crippen molar-refractivity contribution in [3.8, 4) is 11.1 Å². The fraction of sp³-hybridized carbons (Fsp3) is 0.200. The van der Waals surface area contributed by atoms with Crippen molar-refractivity contribution in [3.05, 3.63) is 59.4 Å². The lowest BCUT2D eigenvalue weighted by Crippen LogP contribution is -2.02. The zero-order valence-electron chi connectivity index (χ0n) is 9.91. The van der Waals surface area contributed by atoms with Gasteiger partial charge in [-0.15, -0.1) is 0 Å². The molecule has 2 aromatic carbocycles. The van der Waals surface area contributed by atoms with Crippen LogP contribution in [0.4, 0.5) is 4.39 Å². The molecule has 0 aliphatic heterocycles. The van der Waals surface area contributed by atoms with Crippen molar-refractivity contribution in [1.29, 1.82) is 0 Å². The van der Waals surface area contributed by atoms with Crippen LogP contribution in [0.15, 0.2) is 42.5 Å². The van der Waals surface area contributed by atoms with Crippen LogP contribution in [-0.4, -0.2) is 6.54 Å². The minimum atomic E-state index is -0.203. The number of rotatable bonds is 3. The van der Waals surface area contributed by atoms with Crippen LogP contribution in [0, 0.1) is 12.7 Å². The molecule has 0 heterocycles. The van der Waals surface area contributed by atoms with E-state index in [2.05, 4.69) is 18.2 Å². The lowest BCUT2D eigenvalue weighted by molar-refractivity contribution is 0.628. The monoisotopic (exact) mass is 229 g/mol. The van der Waals surface area contributed by atoms with Crippen LogP contribution in [0.3, 0.4) is 0 Å². The Morgan fingerprint density at radius 1 is 1.12 bits per heavy atom. The molecule has 0 aromatic heterocycles. The summed E-state index contributed by atoms with van der Waals surface area (Å²) in [7, 11) is 0. The highest BCUT2D eigenvalue weighted by atomic mass is 19.1. The zero-order valence-corrected chi connectivity index (χ0v) is 9.91. The minimum Gasteiger partial charge on any atom is -0.330 e. The molecule has 0 spiro atoms. The maximum atomic E-state index is 13.2. The van der Waals surface area contributed by atoms with Gasteiger partial charge >= 0.3 is 0 Å². The average molecular weight is 229 g/mol. The lowest BCUT2D eigenvalue weighted by atomic mass is 9.97. The first-order valence-corrected chi connectivity index (χ1v) is 5.76. The van der Waals surface area contributed by atoms with Crippen molar-refractivity contribution >= 4 is 0 Å². The van der Waals surface area contributed by atoms with Gasteiger partial charge in [0.25, 0.3) is 0 Å². The van der Waals surface area contributed by atoms with Gasteiger partial charge in [-0.25, -0.2) is 4.39 Å². The predicted octanol–water partition coefficient (Wildman–Crippen LogP) is 3.30. The average Bonchev–Trinajstić information content (AvgIpc) is 2.32. The third kappa shape index (κ3) is 2.71. The Balaban J connectivity index is 2.46. The van der Waals surface area contributed by atoms with Crippen LogP contribution in [0.2, 0.25) is 0 Å². The molecule has 0 atom stereocenters. The van der Waals surface area contributed by atoms with Crippen molar-refractivity contribution < 1.29 is 4.39 Å². The van der Waals surface area contributed by atoms with E-state index in [9.17, 15) is 4.39 Å². The molecule has 2 N–H and O–H groups in total. The van der Waals surface area contributed by atoms with Gasteiger partial charge in [-0.3, -0.25) is 0 Å². The molecule has 0 fully saturated rings. The molecule has 1 nitrogen and oxygen atoms in total. The van der Waals surface area contributed by atoms with Crippen molar-refractivity contribution in [2.24, 2.45) is 5.73 Å². The van der Waals surface area contributed by atoms with E-state index in [1.807, 2.05) is 13.0 Å². The van der Waals surface area contributed by atoms with Gasteiger partial charge in [0.1, 0.15) is 5.82 Å². The molecule has 0 saturated carbocycles. The summed E-state index contributed by atoms with van der Waals surface area (Å²) in [6.45, 7) is 2.66. The van der Waals surface area contributed by atoms with E-state index < -0.39 is 0 Å². The van der Waals surface area contributed by atoms with Crippen LogP contribution >= 0.6 is 0 Å². The number of benzene rings is 2. The molecule has 0 radical (unpaired) electrons. The second-order valence-corrected chi connectivity index (χ2v) is 4.20. The second kappa shape index (κ2) is 5.11. The van der Waals surface area contributed by atoms with Gasteiger partial charge < -0.3 is 5.73 Å². The first kappa shape index (κ1) is 11.8. The van der Waals surface area contributed by atoms with Gasteiger partial charge in [-0.2, -0.15) is 0 Å². The molecule has 2 aromatic rings. The summed E-state index contributed by atoms with van der Waals surface area (Å²) in [5.41, 5.74) is 9.89. The summed E-state index contributed by atoms with van der Waals surface area (Å²) in [5, 5.41) is 0. The molecule has 0 aliphatic carbocycles. The van der Waals surface area contributed by atoms with Gasteiger partial charge in [0.2, 0.25) is 0 Å². The highest BCUT2D eigenvalue weighted by Gasteiger charge is 2.04. The normalized spacial score (nSPS) is 10.5. The number of nitrogens with two attached hydrogens (primary N) is 1. The summed E-state index contributed by atoms with van der Waals surface area (Å²) in [4.78, 5) is 0. The van der Waals surface area contributed by atoms with E-state index >= 15 is 0 Å². The summed E-state index contributed by atoms with van der Waals surface area (Å²) in [6.07, 6.45) is 0.850. The number of halogens is 1. The largest absolute Gasteiger partial charge is 0.330 e. The third-order valence-electron chi connectivity index (χ3n) is 2.87. The molecular formula is C15H16FN. The Bertz CT molecular complexity index is 520. The Morgan fingerprint density at radius 3 is 2.65 bits per heavy atom. The van der Waals surface area contributed by atoms with Crippen molar-refractivity contribution in [2.75, 3.05) is 6.54 Å². The van der Waals surface area contributed by atoms with E-state index in [0.29, 0.717) is 6.54 Å². The Hall–Kier alpha value is -1.67. The van der Waals surface area contributed by atoms with Gasteiger partial charge in [0, 0.05) is 0 Å². The zero-order chi connectivity index (χ0) is 12.3. The van der Waals surface area contributed by atoms with E-state index in [1.54, 1.807) is 12.1 Å². The lowest BCUT2D eigenvalue weighted by Gasteiger charge is -2.09. The highest BCUT2D eigenvalue weighted by molar-refractivity contribution is 5.67. The first-order valence-electron chi connectivity index (χ1n) is 5.76. The van der Waals surface area contributed by atoms with E-state index in [0.717, 1.165) is 23.1 Å². The molecule has 0 aliphatic rings. The summed E-state index contributed by atoms with van der Waals surface area (Å²) >= 11 is 0. The fourth-order valence-corrected chi connectivity index (χ4v) is 1.96. The SMILES string of the molecule is Cc1ccc(CCN)cc1-c1cccc(F)c1. The number of aryl methyl sites for hydroxylation is 1. The Morgan fingerprint density at radius 2 is 1.94 bits per heavy atom. The van der Waals surface area contributed by atoms with Gasteiger partial charge in [-0.1, -0.05) is 30.3 Å². The highest BCUT2D eigenvalue weighted by Crippen LogP contribution is 2.25. The maximum Gasteiger partial charge on any atom is 0.123 e. The van der Waals surface area contributed by atoms with E-state index in [-0.39, 0.29) is 5.82 Å². The Labute approximate surface area is 101 Å². The molecule has 2 heteroatoms. The minimum absolute atomic E-state index is 0.203. The molecule has 0 bridgehead atoms. The number of hydrogen-bond donors (Lipinski definition) is 1. The molecule has 0 amide bonds. The van der Waals surface area contributed by atoms with E-state index in [4.69, 9.17) is 5.73 Å². The topological polar surface area (TPSA) is 26.0 Å². The first-order chi connectivity index (χ1) is 8.20. The Kier molecular flexibility index (Phi) is 3.55. The third-order valence-corrected chi connectivity index (χ3v) is 2.87. The van der Waals surface area contributed by atoms with Crippen LogP contribution in [-0.2, 0) is 6.42 Å². The molecular weight excluding hydrogens is 213 g/mol. The standard InChI is InChI=1S/C15H16FN/c1-11-5-6-12(7-8-17)9-15(11)13-3-2-4-14(16)10-13/h2-6,9-10H,7-8,17H2,1H3. The molecule has 0 unspecified atom stereocenters. The van der Waals surface area contributed by atoms with Crippen LogP contribution < -0.4 is 5.73 Å². The maximum absolute atomic E-state index is 13.2. The van der Waals surface area contributed by atoms with Gasteiger partial charge in [-0.05, 0) is 54.3 Å². The van der Waals surface area contributed by atoms with Crippen molar-refractivity contribution in [3.63, 3.8) is 0 Å². The van der Waals surface area contributed by atoms with Gasteiger partial charge in [0.15, 0.2) is 0 Å². The van der Waals surface area contributed by atoms with E-state index in [1.165, 1.54) is 11.6 Å². The van der Waals surface area contributed by atoms with Crippen molar-refractivity contribution in [1.82, 2.24) is 0 Å². The smallest absolute Gasteiger partial charge is 0.123 e. The summed E-state index contributed by atoms with van der Waals surface area (Å²) in [6, 6.07) is 12.9. The second-order valence-electron chi connectivity index (χ2n) is 4.20. The number of hydrogen-bond acceptors (Lipinski definition) is 1.